The van der Waals surface area contributed by atoms with E-state index in [4.69, 9.17) is 9.15 Å². The highest BCUT2D eigenvalue weighted by atomic mass is 32.2. The lowest BCUT2D eigenvalue weighted by molar-refractivity contribution is 0.0526. The molecule has 3 aromatic rings. The molecule has 0 bridgehead atoms. The van der Waals surface area contributed by atoms with Crippen molar-refractivity contribution in [1.29, 1.82) is 0 Å². The number of rotatable bonds is 8. The van der Waals surface area contributed by atoms with Gasteiger partial charge >= 0.3 is 11.6 Å². The van der Waals surface area contributed by atoms with Crippen LogP contribution in [0.5, 0.6) is 0 Å². The van der Waals surface area contributed by atoms with E-state index in [1.54, 1.807) is 31.2 Å². The Balaban J connectivity index is 2.01. The molecule has 0 fully saturated rings. The van der Waals surface area contributed by atoms with Gasteiger partial charge in [0.25, 0.3) is 10.0 Å². The topological polar surface area (TPSA) is 115 Å². The van der Waals surface area contributed by atoms with Gasteiger partial charge in [0.15, 0.2) is 5.69 Å². The first-order valence-electron chi connectivity index (χ1n) is 9.47. The fourth-order valence-electron chi connectivity index (χ4n) is 2.85. The van der Waals surface area contributed by atoms with E-state index >= 15 is 0 Å². The van der Waals surface area contributed by atoms with Crippen LogP contribution < -0.4 is 15.7 Å². The Bertz CT molecular complexity index is 1220. The van der Waals surface area contributed by atoms with Crippen molar-refractivity contribution in [2.24, 2.45) is 0 Å². The number of hydrogen-bond acceptors (Lipinski definition) is 7. The quantitative estimate of drug-likeness (QED) is 0.414. The standard InChI is InChI=1S/C21H22N2O6S/c1-3-13-22-18-16-7-5-6-8-17(16)29-21(25)19(18)23-30(26,27)15-11-9-14(10-12-15)20(24)28-4-2/h5-12,22-23H,3-4,13H2,1-2H3. The van der Waals surface area contributed by atoms with Crippen LogP contribution >= 0.6 is 0 Å². The van der Waals surface area contributed by atoms with Crippen LogP contribution in [0.2, 0.25) is 0 Å². The van der Waals surface area contributed by atoms with Gasteiger partial charge in [-0.15, -0.1) is 0 Å². The van der Waals surface area contributed by atoms with Gasteiger partial charge < -0.3 is 14.5 Å². The molecule has 0 aliphatic heterocycles. The van der Waals surface area contributed by atoms with E-state index in [1.165, 1.54) is 24.3 Å². The molecule has 3 rings (SSSR count). The number of carbonyl (C=O) groups excluding carboxylic acids is 1. The van der Waals surface area contributed by atoms with Crippen LogP contribution in [0.15, 0.2) is 62.6 Å². The molecule has 0 unspecified atom stereocenters. The van der Waals surface area contributed by atoms with Crippen molar-refractivity contribution in [1.82, 2.24) is 0 Å². The van der Waals surface area contributed by atoms with Gasteiger partial charge in [0.1, 0.15) is 5.58 Å². The largest absolute Gasteiger partial charge is 0.462 e. The van der Waals surface area contributed by atoms with Crippen molar-refractivity contribution in [2.75, 3.05) is 23.2 Å². The molecule has 0 saturated heterocycles. The molecule has 0 spiro atoms. The number of carbonyl (C=O) groups is 1. The zero-order chi connectivity index (χ0) is 21.7. The Labute approximate surface area is 173 Å². The molecule has 1 heterocycles. The monoisotopic (exact) mass is 430 g/mol. The second-order valence-corrected chi connectivity index (χ2v) is 8.10. The average Bonchev–Trinajstić information content (AvgIpc) is 2.74. The summed E-state index contributed by atoms with van der Waals surface area (Å²) in [5, 5.41) is 3.69. The second-order valence-electron chi connectivity index (χ2n) is 6.41. The van der Waals surface area contributed by atoms with Crippen LogP contribution in [-0.2, 0) is 14.8 Å². The van der Waals surface area contributed by atoms with E-state index < -0.39 is 21.6 Å². The number of ether oxygens (including phenoxy) is 1. The average molecular weight is 430 g/mol. The van der Waals surface area contributed by atoms with Gasteiger partial charge in [-0.2, -0.15) is 0 Å². The summed E-state index contributed by atoms with van der Waals surface area (Å²) in [5.74, 6) is -0.546. The molecule has 0 radical (unpaired) electrons. The van der Waals surface area contributed by atoms with Gasteiger partial charge in [0.05, 0.1) is 22.8 Å². The summed E-state index contributed by atoms with van der Waals surface area (Å²) in [7, 11) is -4.11. The van der Waals surface area contributed by atoms with Gasteiger partial charge in [0.2, 0.25) is 0 Å². The van der Waals surface area contributed by atoms with Gasteiger partial charge in [-0.25, -0.2) is 18.0 Å². The molecule has 2 aromatic carbocycles. The van der Waals surface area contributed by atoms with Crippen LogP contribution in [0, 0.1) is 0 Å². The molecule has 2 N–H and O–H groups in total. The minimum Gasteiger partial charge on any atom is -0.462 e. The Morgan fingerprint density at radius 3 is 2.40 bits per heavy atom. The molecular weight excluding hydrogens is 408 g/mol. The molecule has 9 heteroatoms. The number of para-hydroxylation sites is 1. The number of benzene rings is 2. The van der Waals surface area contributed by atoms with Crippen molar-refractivity contribution in [3.05, 3.63) is 64.5 Å². The number of nitrogens with one attached hydrogen (secondary N) is 2. The van der Waals surface area contributed by atoms with Crippen molar-refractivity contribution >= 4 is 38.3 Å². The van der Waals surface area contributed by atoms with E-state index in [2.05, 4.69) is 10.0 Å². The summed E-state index contributed by atoms with van der Waals surface area (Å²) in [4.78, 5) is 24.2. The van der Waals surface area contributed by atoms with Crippen molar-refractivity contribution < 1.29 is 22.4 Å². The molecule has 8 nitrogen and oxygen atoms in total. The number of sulfonamides is 1. The maximum atomic E-state index is 12.9. The predicted octanol–water partition coefficient (Wildman–Crippen LogP) is 3.59. The fraction of sp³-hybridized carbons (Fsp3) is 0.238. The highest BCUT2D eigenvalue weighted by Gasteiger charge is 2.22. The maximum Gasteiger partial charge on any atom is 0.363 e. The van der Waals surface area contributed by atoms with E-state index in [9.17, 15) is 18.0 Å². The SMILES string of the molecule is CCCNc1c(NS(=O)(=O)c2ccc(C(=O)OCC)cc2)c(=O)oc2ccccc12. The predicted molar refractivity (Wildman–Crippen MR) is 114 cm³/mol. The zero-order valence-electron chi connectivity index (χ0n) is 16.6. The molecular formula is C21H22N2O6S. The van der Waals surface area contributed by atoms with Crippen LogP contribution in [0.4, 0.5) is 11.4 Å². The summed E-state index contributed by atoms with van der Waals surface area (Å²) in [5.41, 5.74) is -0.0692. The van der Waals surface area contributed by atoms with Crippen LogP contribution in [0.25, 0.3) is 11.0 Å². The Morgan fingerprint density at radius 2 is 1.73 bits per heavy atom. The van der Waals surface area contributed by atoms with Crippen molar-refractivity contribution in [2.45, 2.75) is 25.2 Å². The van der Waals surface area contributed by atoms with E-state index in [0.717, 1.165) is 6.42 Å². The molecule has 0 aliphatic carbocycles. The lowest BCUT2D eigenvalue weighted by atomic mass is 10.2. The van der Waals surface area contributed by atoms with Crippen molar-refractivity contribution in [3.63, 3.8) is 0 Å². The number of esters is 1. The molecule has 1 aromatic heterocycles. The lowest BCUT2D eigenvalue weighted by Gasteiger charge is -2.15. The maximum absolute atomic E-state index is 12.9. The first kappa shape index (κ1) is 21.4. The van der Waals surface area contributed by atoms with Crippen LogP contribution in [-0.4, -0.2) is 27.5 Å². The summed E-state index contributed by atoms with van der Waals surface area (Å²) in [6.45, 7) is 4.39. The van der Waals surface area contributed by atoms with E-state index in [0.29, 0.717) is 23.2 Å². The smallest absolute Gasteiger partial charge is 0.363 e. The molecule has 0 aliphatic rings. The van der Waals surface area contributed by atoms with Gasteiger partial charge in [-0.3, -0.25) is 4.72 Å². The van der Waals surface area contributed by atoms with E-state index in [1.807, 2.05) is 6.92 Å². The minimum atomic E-state index is -4.11. The number of fused-ring (bicyclic) bond motifs is 1. The zero-order valence-corrected chi connectivity index (χ0v) is 17.4. The highest BCUT2D eigenvalue weighted by molar-refractivity contribution is 7.92. The number of anilines is 2. The fourth-order valence-corrected chi connectivity index (χ4v) is 3.92. The molecule has 0 atom stereocenters. The van der Waals surface area contributed by atoms with Crippen LogP contribution in [0.3, 0.4) is 0 Å². The Hall–Kier alpha value is -3.33. The van der Waals surface area contributed by atoms with Gasteiger partial charge in [0, 0.05) is 11.9 Å². The van der Waals surface area contributed by atoms with E-state index in [-0.39, 0.29) is 22.8 Å². The first-order valence-corrected chi connectivity index (χ1v) is 11.0. The second kappa shape index (κ2) is 9.00. The molecule has 0 saturated carbocycles. The van der Waals surface area contributed by atoms with Crippen molar-refractivity contribution in [3.8, 4) is 0 Å². The Kier molecular flexibility index (Phi) is 6.41. The van der Waals surface area contributed by atoms with Gasteiger partial charge in [-0.05, 0) is 49.7 Å². The highest BCUT2D eigenvalue weighted by Crippen LogP contribution is 2.30. The Morgan fingerprint density at radius 1 is 1.03 bits per heavy atom. The third kappa shape index (κ3) is 4.46. The summed E-state index contributed by atoms with van der Waals surface area (Å²) < 4.78 is 38.3. The third-order valence-electron chi connectivity index (χ3n) is 4.28. The van der Waals surface area contributed by atoms with Gasteiger partial charge in [-0.1, -0.05) is 19.1 Å². The third-order valence-corrected chi connectivity index (χ3v) is 5.64. The number of hydrogen-bond donors (Lipinski definition) is 2. The summed E-state index contributed by atoms with van der Waals surface area (Å²) >= 11 is 0. The normalized spacial score (nSPS) is 11.3. The lowest BCUT2D eigenvalue weighted by Crippen LogP contribution is -2.21. The molecule has 158 valence electrons. The molecule has 30 heavy (non-hydrogen) atoms. The van der Waals surface area contributed by atoms with Crippen LogP contribution in [0.1, 0.15) is 30.6 Å². The molecule has 0 amide bonds. The summed E-state index contributed by atoms with van der Waals surface area (Å²) in [6.07, 6.45) is 0.774. The summed E-state index contributed by atoms with van der Waals surface area (Å²) in [6, 6.07) is 12.1. The minimum absolute atomic E-state index is 0.107. The first-order chi connectivity index (χ1) is 14.4.